The molecule has 1 aromatic carbocycles. The summed E-state index contributed by atoms with van der Waals surface area (Å²) < 4.78 is 38.6. The summed E-state index contributed by atoms with van der Waals surface area (Å²) in [5.74, 6) is 0. The molecule has 96 valence electrons. The number of benzene rings is 1. The van der Waals surface area contributed by atoms with Crippen LogP contribution >= 0.6 is 0 Å². The molecule has 0 heterocycles. The quantitative estimate of drug-likeness (QED) is 0.779. The summed E-state index contributed by atoms with van der Waals surface area (Å²) in [6.07, 6.45) is -2.34. The molecule has 0 aliphatic rings. The normalized spacial score (nSPS) is 14.1. The van der Waals surface area contributed by atoms with Gasteiger partial charge in [-0.15, -0.1) is 0 Å². The molecule has 1 nitrogen and oxygen atoms in total. The Balaban J connectivity index is 2.96. The lowest BCUT2D eigenvalue weighted by molar-refractivity contribution is -0.179. The van der Waals surface area contributed by atoms with E-state index in [1.54, 1.807) is 24.3 Å². The molecular weight excluding hydrogens is 227 g/mol. The molecule has 0 spiro atoms. The second kappa shape index (κ2) is 5.54. The molecule has 17 heavy (non-hydrogen) atoms. The largest absolute Gasteiger partial charge is 0.408 e. The molecule has 0 radical (unpaired) electrons. The van der Waals surface area contributed by atoms with Gasteiger partial charge in [-0.3, -0.25) is 4.90 Å². The SMILES string of the molecule is CCCc1ccc(C(N(C)C)C(F)(F)F)cc1. The van der Waals surface area contributed by atoms with Gasteiger partial charge in [0.1, 0.15) is 6.04 Å². The number of hydrogen-bond donors (Lipinski definition) is 0. The summed E-state index contributed by atoms with van der Waals surface area (Å²) in [5.41, 5.74) is 1.37. The topological polar surface area (TPSA) is 3.24 Å². The van der Waals surface area contributed by atoms with Crippen LogP contribution < -0.4 is 0 Å². The van der Waals surface area contributed by atoms with Crippen LogP contribution in [0, 0.1) is 0 Å². The number of hydrogen-bond acceptors (Lipinski definition) is 1. The van der Waals surface area contributed by atoms with Crippen molar-refractivity contribution in [2.24, 2.45) is 0 Å². The Morgan fingerprint density at radius 1 is 1.12 bits per heavy atom. The lowest BCUT2D eigenvalue weighted by Crippen LogP contribution is -2.33. The van der Waals surface area contributed by atoms with Gasteiger partial charge in [0.05, 0.1) is 0 Å². The summed E-state index contributed by atoms with van der Waals surface area (Å²) in [6.45, 7) is 2.05. The zero-order valence-electron chi connectivity index (χ0n) is 10.4. The highest BCUT2D eigenvalue weighted by Crippen LogP contribution is 2.36. The number of halogens is 3. The van der Waals surface area contributed by atoms with Gasteiger partial charge in [-0.1, -0.05) is 37.6 Å². The summed E-state index contributed by atoms with van der Waals surface area (Å²) in [7, 11) is 2.89. The standard InChI is InChI=1S/C13H18F3N/c1-4-5-10-6-8-11(9-7-10)12(17(2)3)13(14,15)16/h6-9,12H,4-5H2,1-3H3. The summed E-state index contributed by atoms with van der Waals surface area (Å²) in [5, 5.41) is 0. The van der Waals surface area contributed by atoms with Gasteiger partial charge in [0.2, 0.25) is 0 Å². The van der Waals surface area contributed by atoms with Crippen molar-refractivity contribution in [3.8, 4) is 0 Å². The lowest BCUT2D eigenvalue weighted by atomic mass is 10.0. The molecule has 4 heteroatoms. The minimum atomic E-state index is -4.24. The van der Waals surface area contributed by atoms with Crippen molar-refractivity contribution in [3.05, 3.63) is 35.4 Å². The molecule has 1 aromatic rings. The van der Waals surface area contributed by atoms with Crippen LogP contribution in [-0.2, 0) is 6.42 Å². The Hall–Kier alpha value is -1.03. The fraction of sp³-hybridized carbons (Fsp3) is 0.538. The van der Waals surface area contributed by atoms with Crippen LogP contribution in [0.3, 0.4) is 0 Å². The molecule has 0 saturated carbocycles. The fourth-order valence-electron chi connectivity index (χ4n) is 1.94. The molecule has 1 unspecified atom stereocenters. The summed E-state index contributed by atoms with van der Waals surface area (Å²) >= 11 is 0. The van der Waals surface area contributed by atoms with E-state index >= 15 is 0 Å². The average Bonchev–Trinajstić information content (AvgIpc) is 2.18. The molecule has 1 rings (SSSR count). The zero-order valence-corrected chi connectivity index (χ0v) is 10.4. The van der Waals surface area contributed by atoms with E-state index in [4.69, 9.17) is 0 Å². The van der Waals surface area contributed by atoms with Crippen molar-refractivity contribution in [2.75, 3.05) is 14.1 Å². The third kappa shape index (κ3) is 3.73. The van der Waals surface area contributed by atoms with E-state index in [1.165, 1.54) is 19.0 Å². The van der Waals surface area contributed by atoms with Gasteiger partial charge in [-0.2, -0.15) is 13.2 Å². The van der Waals surface area contributed by atoms with Gasteiger partial charge in [0, 0.05) is 0 Å². The maximum atomic E-state index is 12.9. The monoisotopic (exact) mass is 245 g/mol. The van der Waals surface area contributed by atoms with E-state index in [0.717, 1.165) is 18.4 Å². The van der Waals surface area contributed by atoms with Gasteiger partial charge in [0.15, 0.2) is 0 Å². The molecule has 1 atom stereocenters. The predicted octanol–water partition coefficient (Wildman–Crippen LogP) is 3.80. The second-order valence-corrected chi connectivity index (χ2v) is 4.40. The molecule has 0 bridgehead atoms. The molecule has 0 N–H and O–H groups in total. The summed E-state index contributed by atoms with van der Waals surface area (Å²) in [4.78, 5) is 1.19. The third-order valence-electron chi connectivity index (χ3n) is 2.66. The van der Waals surface area contributed by atoms with Crippen molar-refractivity contribution in [3.63, 3.8) is 0 Å². The van der Waals surface area contributed by atoms with Gasteiger partial charge in [-0.25, -0.2) is 0 Å². The Bertz CT molecular complexity index is 341. The first-order valence-corrected chi connectivity index (χ1v) is 5.68. The maximum Gasteiger partial charge on any atom is 0.408 e. The molecule has 0 fully saturated rings. The van der Waals surface area contributed by atoms with Crippen LogP contribution in [-0.4, -0.2) is 25.2 Å². The Morgan fingerprint density at radius 3 is 2.00 bits per heavy atom. The smallest absolute Gasteiger partial charge is 0.295 e. The number of alkyl halides is 3. The van der Waals surface area contributed by atoms with Crippen LogP contribution in [0.5, 0.6) is 0 Å². The molecule has 0 aliphatic heterocycles. The van der Waals surface area contributed by atoms with Crippen LogP contribution in [0.1, 0.15) is 30.5 Å². The molecule has 0 aliphatic carbocycles. The predicted molar refractivity (Wildman–Crippen MR) is 62.9 cm³/mol. The van der Waals surface area contributed by atoms with Gasteiger partial charge in [-0.05, 0) is 31.6 Å². The fourth-order valence-corrected chi connectivity index (χ4v) is 1.94. The lowest BCUT2D eigenvalue weighted by Gasteiger charge is -2.27. The molecule has 0 aromatic heterocycles. The van der Waals surface area contributed by atoms with Gasteiger partial charge < -0.3 is 0 Å². The van der Waals surface area contributed by atoms with E-state index in [1.807, 2.05) is 6.92 Å². The number of rotatable bonds is 4. The van der Waals surface area contributed by atoms with Crippen molar-refractivity contribution in [1.29, 1.82) is 0 Å². The minimum absolute atomic E-state index is 0.294. The highest BCUT2D eigenvalue weighted by atomic mass is 19.4. The zero-order chi connectivity index (χ0) is 13.1. The van der Waals surface area contributed by atoms with Crippen molar-refractivity contribution in [1.82, 2.24) is 4.90 Å². The van der Waals surface area contributed by atoms with Crippen LogP contribution in [0.2, 0.25) is 0 Å². The average molecular weight is 245 g/mol. The van der Waals surface area contributed by atoms with Gasteiger partial charge >= 0.3 is 6.18 Å². The summed E-state index contributed by atoms with van der Waals surface area (Å²) in [6, 6.07) is 5.17. The van der Waals surface area contributed by atoms with Crippen LogP contribution in [0.15, 0.2) is 24.3 Å². The second-order valence-electron chi connectivity index (χ2n) is 4.40. The maximum absolute atomic E-state index is 12.9. The highest BCUT2D eigenvalue weighted by molar-refractivity contribution is 5.26. The first-order valence-electron chi connectivity index (χ1n) is 5.68. The van der Waals surface area contributed by atoms with E-state index in [-0.39, 0.29) is 0 Å². The third-order valence-corrected chi connectivity index (χ3v) is 2.66. The molecular formula is C13H18F3N. The van der Waals surface area contributed by atoms with Crippen molar-refractivity contribution < 1.29 is 13.2 Å². The highest BCUT2D eigenvalue weighted by Gasteiger charge is 2.42. The van der Waals surface area contributed by atoms with E-state index < -0.39 is 12.2 Å². The molecule has 0 saturated heterocycles. The van der Waals surface area contributed by atoms with E-state index in [0.29, 0.717) is 5.56 Å². The van der Waals surface area contributed by atoms with Gasteiger partial charge in [0.25, 0.3) is 0 Å². The Morgan fingerprint density at radius 2 is 1.65 bits per heavy atom. The van der Waals surface area contributed by atoms with Crippen molar-refractivity contribution in [2.45, 2.75) is 32.0 Å². The first-order chi connectivity index (χ1) is 7.86. The number of aryl methyl sites for hydroxylation is 1. The van der Waals surface area contributed by atoms with Crippen LogP contribution in [0.4, 0.5) is 13.2 Å². The van der Waals surface area contributed by atoms with Crippen LogP contribution in [0.25, 0.3) is 0 Å². The Labute approximate surface area is 100 Å². The molecule has 0 amide bonds. The number of nitrogens with zero attached hydrogens (tertiary/aromatic N) is 1. The van der Waals surface area contributed by atoms with E-state index in [9.17, 15) is 13.2 Å². The minimum Gasteiger partial charge on any atom is -0.295 e. The Kier molecular flexibility index (Phi) is 4.57. The van der Waals surface area contributed by atoms with Crippen molar-refractivity contribution >= 4 is 0 Å². The first kappa shape index (κ1) is 14.0. The van der Waals surface area contributed by atoms with E-state index in [2.05, 4.69) is 0 Å².